The quantitative estimate of drug-likeness (QED) is 0.259. The maximum absolute atomic E-state index is 14.8. The molecule has 39 heavy (non-hydrogen) atoms. The molecule has 9 unspecified atom stereocenters. The molecule has 0 N–H and O–H groups in total. The number of allylic oxidation sites excluding steroid dienone is 4. The Balaban J connectivity index is 1.78. The van der Waals surface area contributed by atoms with Gasteiger partial charge in [-0.05, 0) is 80.0 Å². The zero-order chi connectivity index (χ0) is 29.4. The van der Waals surface area contributed by atoms with E-state index in [1.165, 1.54) is 12.5 Å². The van der Waals surface area contributed by atoms with Crippen LogP contribution in [0.4, 0.5) is 0 Å². The molecule has 4 rings (SSSR count). The van der Waals surface area contributed by atoms with Gasteiger partial charge >= 0.3 is 0 Å². The van der Waals surface area contributed by atoms with Gasteiger partial charge < -0.3 is 0 Å². The van der Waals surface area contributed by atoms with Crippen LogP contribution in [0.5, 0.6) is 0 Å². The topological polar surface area (TPSA) is 68.3 Å². The number of fused-ring (bicyclic) bond motifs is 3. The van der Waals surface area contributed by atoms with Crippen LogP contribution in [-0.2, 0) is 19.2 Å². The molecule has 0 saturated heterocycles. The van der Waals surface area contributed by atoms with Crippen LogP contribution < -0.4 is 0 Å². The highest BCUT2D eigenvalue weighted by atomic mass is 16.2. The molecule has 0 amide bonds. The third-order valence-corrected chi connectivity index (χ3v) is 12.2. The zero-order valence-corrected chi connectivity index (χ0v) is 26.4. The van der Waals surface area contributed by atoms with E-state index in [2.05, 4.69) is 54.5 Å². The Hall–Kier alpha value is -1.84. The first-order valence-corrected chi connectivity index (χ1v) is 15.4. The zero-order valence-electron chi connectivity index (χ0n) is 26.4. The maximum atomic E-state index is 14.8. The van der Waals surface area contributed by atoms with Crippen molar-refractivity contribution < 1.29 is 19.2 Å². The summed E-state index contributed by atoms with van der Waals surface area (Å²) in [5, 5.41) is 0. The van der Waals surface area contributed by atoms with E-state index in [1.54, 1.807) is 0 Å². The minimum atomic E-state index is -0.752. The number of hydrogen-bond acceptors (Lipinski definition) is 4. The maximum Gasteiger partial charge on any atom is 0.173 e. The standard InChI is InChI=1S/C35H52O4/c1-18(2)25-14-24(12-13-27(37)19(3)4)21(6)29-26(25)16-33(9)17-34(10)15-20(5)28(23(8)36)32(39)35(34,11)22(7)30(33)31(29)38/h14,18-19,21-22,25-26,29-30H,12-13,15-17H2,1-11H3. The fourth-order valence-corrected chi connectivity index (χ4v) is 10.2. The largest absolute Gasteiger partial charge is 0.299 e. The van der Waals surface area contributed by atoms with Crippen molar-refractivity contribution >= 4 is 23.1 Å². The van der Waals surface area contributed by atoms with Gasteiger partial charge in [0.25, 0.3) is 0 Å². The Kier molecular flexibility index (Phi) is 7.66. The lowest BCUT2D eigenvalue weighted by molar-refractivity contribution is -0.186. The number of carbonyl (C=O) groups is 4. The second-order valence-electron chi connectivity index (χ2n) is 15.3. The third-order valence-electron chi connectivity index (χ3n) is 12.2. The van der Waals surface area contributed by atoms with Crippen LogP contribution in [-0.4, -0.2) is 23.1 Å². The number of rotatable bonds is 6. The molecule has 0 aromatic carbocycles. The summed E-state index contributed by atoms with van der Waals surface area (Å²) < 4.78 is 0. The van der Waals surface area contributed by atoms with Gasteiger partial charge in [0.2, 0.25) is 0 Å². The van der Waals surface area contributed by atoms with Crippen molar-refractivity contribution in [3.63, 3.8) is 0 Å². The van der Waals surface area contributed by atoms with Gasteiger partial charge in [-0.3, -0.25) is 19.2 Å². The van der Waals surface area contributed by atoms with Gasteiger partial charge in [-0.15, -0.1) is 0 Å². The molecule has 0 spiro atoms. The first-order chi connectivity index (χ1) is 17.9. The average Bonchev–Trinajstić information content (AvgIpc) is 2.79. The molecule has 0 aliphatic heterocycles. The summed E-state index contributed by atoms with van der Waals surface area (Å²) in [4.78, 5) is 54.1. The molecule has 2 fully saturated rings. The van der Waals surface area contributed by atoms with Crippen molar-refractivity contribution in [3.8, 4) is 0 Å². The predicted octanol–water partition coefficient (Wildman–Crippen LogP) is 7.60. The molecule has 0 bridgehead atoms. The minimum Gasteiger partial charge on any atom is -0.299 e. The molecule has 0 aromatic rings. The SMILES string of the molecule is CC(=O)C1=C(C)CC2(C)CC3(C)CC4C(C(C)C)C=C(CCC(=O)C(C)C)C(C)C4C(=O)C3C(C)C2(C)C1=O. The average molecular weight is 537 g/mol. The molecule has 4 heteroatoms. The smallest absolute Gasteiger partial charge is 0.173 e. The molecule has 9 atom stereocenters. The second-order valence-corrected chi connectivity index (χ2v) is 15.3. The molecule has 0 heterocycles. The van der Waals surface area contributed by atoms with E-state index in [0.29, 0.717) is 29.6 Å². The van der Waals surface area contributed by atoms with Gasteiger partial charge in [0.1, 0.15) is 11.6 Å². The summed E-state index contributed by atoms with van der Waals surface area (Å²) in [6, 6.07) is 0. The lowest BCUT2D eigenvalue weighted by Gasteiger charge is -2.66. The number of ketones is 4. The van der Waals surface area contributed by atoms with Gasteiger partial charge in [-0.2, -0.15) is 0 Å². The van der Waals surface area contributed by atoms with Crippen molar-refractivity contribution in [1.82, 2.24) is 0 Å². The van der Waals surface area contributed by atoms with Crippen LogP contribution in [0.3, 0.4) is 0 Å². The molecule has 216 valence electrons. The molecular weight excluding hydrogens is 484 g/mol. The molecule has 4 aliphatic carbocycles. The molecular formula is C35H52O4. The third kappa shape index (κ3) is 4.38. The molecule has 4 nitrogen and oxygen atoms in total. The van der Waals surface area contributed by atoms with E-state index >= 15 is 0 Å². The van der Waals surface area contributed by atoms with E-state index in [9.17, 15) is 19.2 Å². The number of carbonyl (C=O) groups excluding carboxylic acids is 4. The Morgan fingerprint density at radius 1 is 1.05 bits per heavy atom. The van der Waals surface area contributed by atoms with Gasteiger partial charge in [0, 0.05) is 29.6 Å². The van der Waals surface area contributed by atoms with E-state index in [0.717, 1.165) is 31.3 Å². The number of hydrogen-bond donors (Lipinski definition) is 0. The Morgan fingerprint density at radius 2 is 1.67 bits per heavy atom. The molecule has 4 aliphatic rings. The van der Waals surface area contributed by atoms with Crippen LogP contribution in [0.25, 0.3) is 0 Å². The first-order valence-electron chi connectivity index (χ1n) is 15.4. The fraction of sp³-hybridized carbons (Fsp3) is 0.771. The second kappa shape index (κ2) is 9.91. The van der Waals surface area contributed by atoms with Crippen molar-refractivity contribution in [2.45, 2.75) is 108 Å². The van der Waals surface area contributed by atoms with Gasteiger partial charge in [-0.1, -0.05) is 79.5 Å². The highest BCUT2D eigenvalue weighted by molar-refractivity contribution is 6.22. The van der Waals surface area contributed by atoms with E-state index < -0.39 is 5.41 Å². The lowest BCUT2D eigenvalue weighted by atomic mass is 9.35. The fourth-order valence-electron chi connectivity index (χ4n) is 10.2. The molecule has 0 radical (unpaired) electrons. The van der Waals surface area contributed by atoms with Crippen LogP contribution in [0.15, 0.2) is 22.8 Å². The highest BCUT2D eigenvalue weighted by Crippen LogP contribution is 2.70. The summed E-state index contributed by atoms with van der Waals surface area (Å²) in [6.07, 6.45) is 6.25. The van der Waals surface area contributed by atoms with Crippen LogP contribution >= 0.6 is 0 Å². The van der Waals surface area contributed by atoms with Crippen molar-refractivity contribution in [2.24, 2.45) is 63.6 Å². The monoisotopic (exact) mass is 536 g/mol. The van der Waals surface area contributed by atoms with Crippen LogP contribution in [0, 0.1) is 63.6 Å². The Labute approximate surface area is 236 Å². The molecule has 2 saturated carbocycles. The summed E-state index contributed by atoms with van der Waals surface area (Å²) in [6.45, 7) is 22.8. The summed E-state index contributed by atoms with van der Waals surface area (Å²) in [5.41, 5.74) is 1.32. The lowest BCUT2D eigenvalue weighted by Crippen LogP contribution is -2.66. The predicted molar refractivity (Wildman–Crippen MR) is 156 cm³/mol. The Bertz CT molecular complexity index is 1150. The van der Waals surface area contributed by atoms with Crippen LogP contribution in [0.2, 0.25) is 0 Å². The van der Waals surface area contributed by atoms with Crippen LogP contribution in [0.1, 0.15) is 108 Å². The highest BCUT2D eigenvalue weighted by Gasteiger charge is 2.69. The summed E-state index contributed by atoms with van der Waals surface area (Å²) in [5.74, 6) is 1.11. The van der Waals surface area contributed by atoms with E-state index in [-0.39, 0.29) is 63.7 Å². The Morgan fingerprint density at radius 3 is 2.21 bits per heavy atom. The number of Topliss-reactive ketones (excluding diaryl/α,β-unsaturated/α-hetero) is 4. The van der Waals surface area contributed by atoms with Gasteiger partial charge in [0.05, 0.1) is 5.57 Å². The van der Waals surface area contributed by atoms with Gasteiger partial charge in [-0.25, -0.2) is 0 Å². The van der Waals surface area contributed by atoms with E-state index in [4.69, 9.17) is 0 Å². The van der Waals surface area contributed by atoms with Crippen molar-refractivity contribution in [3.05, 3.63) is 22.8 Å². The minimum absolute atomic E-state index is 0.0268. The summed E-state index contributed by atoms with van der Waals surface area (Å²) >= 11 is 0. The van der Waals surface area contributed by atoms with Crippen molar-refractivity contribution in [2.75, 3.05) is 0 Å². The van der Waals surface area contributed by atoms with Gasteiger partial charge in [0.15, 0.2) is 11.6 Å². The first kappa shape index (κ1) is 30.1. The normalized spacial score (nSPS) is 42.2. The van der Waals surface area contributed by atoms with E-state index in [1.807, 2.05) is 20.8 Å². The molecule has 0 aromatic heterocycles. The summed E-state index contributed by atoms with van der Waals surface area (Å²) in [7, 11) is 0. The van der Waals surface area contributed by atoms with Crippen molar-refractivity contribution in [1.29, 1.82) is 0 Å².